The van der Waals surface area contributed by atoms with E-state index in [0.29, 0.717) is 32.5 Å². The van der Waals surface area contributed by atoms with E-state index < -0.39 is 11.7 Å². The molecular weight excluding hydrogens is 326 g/mol. The average Bonchev–Trinajstić information content (AvgIpc) is 2.71. The van der Waals surface area contributed by atoms with E-state index in [1.807, 2.05) is 59.5 Å². The second-order valence-corrected chi connectivity index (χ2v) is 7.28. The number of piperidine rings is 1. The molecule has 0 radical (unpaired) electrons. The standard InChI is InChI=1S/C22H25NO3/c24-20-11-6-16-26-22(20)12-14-23(15-13-22)21(25)19-10-5-4-9-18(19)17-7-2-1-3-8-17/h1-5,7-10,20,24H,6,11-16H2. The third-order valence-electron chi connectivity index (χ3n) is 5.76. The van der Waals surface area contributed by atoms with Crippen LogP contribution in [0.3, 0.4) is 0 Å². The van der Waals surface area contributed by atoms with Gasteiger partial charge in [0, 0.05) is 25.3 Å². The summed E-state index contributed by atoms with van der Waals surface area (Å²) in [5, 5.41) is 10.4. The van der Waals surface area contributed by atoms with E-state index in [4.69, 9.17) is 4.74 Å². The van der Waals surface area contributed by atoms with Gasteiger partial charge >= 0.3 is 0 Å². The van der Waals surface area contributed by atoms with Crippen LogP contribution in [0.2, 0.25) is 0 Å². The van der Waals surface area contributed by atoms with Gasteiger partial charge in [-0.1, -0.05) is 48.5 Å². The highest BCUT2D eigenvalue weighted by molar-refractivity contribution is 6.00. The van der Waals surface area contributed by atoms with Gasteiger partial charge in [0.15, 0.2) is 0 Å². The first-order chi connectivity index (χ1) is 12.7. The number of aliphatic hydroxyl groups is 1. The monoisotopic (exact) mass is 351 g/mol. The minimum Gasteiger partial charge on any atom is -0.390 e. The van der Waals surface area contributed by atoms with Gasteiger partial charge in [-0.15, -0.1) is 0 Å². The number of nitrogens with zero attached hydrogens (tertiary/aromatic N) is 1. The van der Waals surface area contributed by atoms with E-state index in [0.717, 1.165) is 29.5 Å². The number of benzene rings is 2. The van der Waals surface area contributed by atoms with E-state index in [9.17, 15) is 9.90 Å². The van der Waals surface area contributed by atoms with Crippen LogP contribution in [0.5, 0.6) is 0 Å². The molecule has 2 aromatic carbocycles. The van der Waals surface area contributed by atoms with Crippen molar-refractivity contribution < 1.29 is 14.6 Å². The van der Waals surface area contributed by atoms with Gasteiger partial charge in [0.1, 0.15) is 0 Å². The molecule has 26 heavy (non-hydrogen) atoms. The van der Waals surface area contributed by atoms with Crippen molar-refractivity contribution in [3.63, 3.8) is 0 Å². The number of rotatable bonds is 2. The summed E-state index contributed by atoms with van der Waals surface area (Å²) in [4.78, 5) is 15.1. The van der Waals surface area contributed by atoms with Crippen molar-refractivity contribution in [3.05, 3.63) is 60.2 Å². The summed E-state index contributed by atoms with van der Waals surface area (Å²) in [5.74, 6) is 0.0598. The second kappa shape index (κ2) is 7.22. The molecule has 0 bridgehead atoms. The van der Waals surface area contributed by atoms with Crippen LogP contribution in [-0.2, 0) is 4.74 Å². The Morgan fingerprint density at radius 2 is 1.73 bits per heavy atom. The average molecular weight is 351 g/mol. The topological polar surface area (TPSA) is 49.8 Å². The minimum absolute atomic E-state index is 0.0598. The molecule has 2 saturated heterocycles. The zero-order chi connectivity index (χ0) is 18.0. The molecule has 2 heterocycles. The highest BCUT2D eigenvalue weighted by Gasteiger charge is 2.44. The molecule has 1 N–H and O–H groups in total. The van der Waals surface area contributed by atoms with Gasteiger partial charge in [0.05, 0.1) is 11.7 Å². The van der Waals surface area contributed by atoms with Crippen molar-refractivity contribution in [1.29, 1.82) is 0 Å². The number of carbonyl (C=O) groups excluding carboxylic acids is 1. The lowest BCUT2D eigenvalue weighted by Gasteiger charge is -2.46. The van der Waals surface area contributed by atoms with Gasteiger partial charge in [-0.05, 0) is 42.9 Å². The van der Waals surface area contributed by atoms with Crippen molar-refractivity contribution in [3.8, 4) is 11.1 Å². The van der Waals surface area contributed by atoms with Crippen LogP contribution in [0.15, 0.2) is 54.6 Å². The fourth-order valence-corrected chi connectivity index (χ4v) is 4.19. The maximum Gasteiger partial charge on any atom is 0.254 e. The Morgan fingerprint density at radius 3 is 2.46 bits per heavy atom. The zero-order valence-electron chi connectivity index (χ0n) is 14.9. The van der Waals surface area contributed by atoms with Gasteiger partial charge < -0.3 is 14.7 Å². The normalized spacial score (nSPS) is 22.3. The first kappa shape index (κ1) is 17.3. The number of aliphatic hydroxyl groups excluding tert-OH is 1. The Kier molecular flexibility index (Phi) is 4.79. The molecule has 2 aliphatic rings. The third-order valence-corrected chi connectivity index (χ3v) is 5.76. The van der Waals surface area contributed by atoms with Crippen molar-refractivity contribution in [2.45, 2.75) is 37.4 Å². The van der Waals surface area contributed by atoms with E-state index in [-0.39, 0.29) is 5.91 Å². The first-order valence-corrected chi connectivity index (χ1v) is 9.45. The largest absolute Gasteiger partial charge is 0.390 e. The van der Waals surface area contributed by atoms with Gasteiger partial charge in [-0.25, -0.2) is 0 Å². The molecule has 0 saturated carbocycles. The molecule has 1 atom stereocenters. The minimum atomic E-state index is -0.450. The summed E-state index contributed by atoms with van der Waals surface area (Å²) in [6, 6.07) is 17.8. The number of amides is 1. The number of likely N-dealkylation sites (tertiary alicyclic amines) is 1. The number of ether oxygens (including phenoxy) is 1. The fraction of sp³-hybridized carbons (Fsp3) is 0.409. The fourth-order valence-electron chi connectivity index (χ4n) is 4.19. The van der Waals surface area contributed by atoms with Crippen LogP contribution in [0.25, 0.3) is 11.1 Å². The van der Waals surface area contributed by atoms with Crippen LogP contribution in [-0.4, -0.2) is 47.3 Å². The number of hydrogen-bond donors (Lipinski definition) is 1. The van der Waals surface area contributed by atoms with Crippen LogP contribution in [0.4, 0.5) is 0 Å². The lowest BCUT2D eigenvalue weighted by atomic mass is 9.82. The highest BCUT2D eigenvalue weighted by atomic mass is 16.5. The smallest absolute Gasteiger partial charge is 0.254 e. The molecular formula is C22H25NO3. The van der Waals surface area contributed by atoms with Gasteiger partial charge in [0.25, 0.3) is 5.91 Å². The Hall–Kier alpha value is -2.17. The van der Waals surface area contributed by atoms with Crippen molar-refractivity contribution in [2.75, 3.05) is 19.7 Å². The predicted molar refractivity (Wildman–Crippen MR) is 101 cm³/mol. The van der Waals surface area contributed by atoms with Gasteiger partial charge in [-0.2, -0.15) is 0 Å². The molecule has 1 amide bonds. The lowest BCUT2D eigenvalue weighted by Crippen LogP contribution is -2.56. The Balaban J connectivity index is 1.53. The molecule has 4 heteroatoms. The van der Waals surface area contributed by atoms with Crippen LogP contribution in [0, 0.1) is 0 Å². The maximum absolute atomic E-state index is 13.2. The second-order valence-electron chi connectivity index (χ2n) is 7.28. The van der Waals surface area contributed by atoms with Crippen LogP contribution >= 0.6 is 0 Å². The molecule has 1 spiro atoms. The molecule has 0 aliphatic carbocycles. The first-order valence-electron chi connectivity index (χ1n) is 9.45. The van der Waals surface area contributed by atoms with E-state index in [2.05, 4.69) is 0 Å². The molecule has 0 aromatic heterocycles. The maximum atomic E-state index is 13.2. The number of carbonyl (C=O) groups is 1. The van der Waals surface area contributed by atoms with Crippen molar-refractivity contribution in [2.24, 2.45) is 0 Å². The summed E-state index contributed by atoms with van der Waals surface area (Å²) in [7, 11) is 0. The molecule has 4 rings (SSSR count). The van der Waals surface area contributed by atoms with Crippen molar-refractivity contribution >= 4 is 5.91 Å². The van der Waals surface area contributed by atoms with Gasteiger partial charge in [0.2, 0.25) is 0 Å². The molecule has 2 fully saturated rings. The van der Waals surface area contributed by atoms with E-state index in [1.54, 1.807) is 0 Å². The molecule has 1 unspecified atom stereocenters. The van der Waals surface area contributed by atoms with Crippen molar-refractivity contribution in [1.82, 2.24) is 4.90 Å². The Labute approximate surface area is 154 Å². The molecule has 2 aromatic rings. The zero-order valence-corrected chi connectivity index (χ0v) is 14.9. The predicted octanol–water partition coefficient (Wildman–Crippen LogP) is 3.50. The summed E-state index contributed by atoms with van der Waals surface area (Å²) in [6.45, 7) is 1.96. The van der Waals surface area contributed by atoms with E-state index in [1.165, 1.54) is 0 Å². The Bertz CT molecular complexity index is 766. The molecule has 2 aliphatic heterocycles. The van der Waals surface area contributed by atoms with Crippen LogP contribution < -0.4 is 0 Å². The molecule has 136 valence electrons. The summed E-state index contributed by atoms with van der Waals surface area (Å²) < 4.78 is 5.96. The van der Waals surface area contributed by atoms with E-state index >= 15 is 0 Å². The highest BCUT2D eigenvalue weighted by Crippen LogP contribution is 2.36. The quantitative estimate of drug-likeness (QED) is 0.901. The summed E-state index contributed by atoms with van der Waals surface area (Å²) in [5.41, 5.74) is 2.30. The lowest BCUT2D eigenvalue weighted by molar-refractivity contribution is -0.174. The Morgan fingerprint density at radius 1 is 1.04 bits per heavy atom. The van der Waals surface area contributed by atoms with Crippen LogP contribution in [0.1, 0.15) is 36.0 Å². The SMILES string of the molecule is O=C(c1ccccc1-c1ccccc1)N1CCC2(CC1)OCCCC2O. The summed E-state index contributed by atoms with van der Waals surface area (Å²) >= 11 is 0. The third kappa shape index (κ3) is 3.15. The molecule has 4 nitrogen and oxygen atoms in total. The number of hydrogen-bond acceptors (Lipinski definition) is 3. The summed E-state index contributed by atoms with van der Waals surface area (Å²) in [6.07, 6.45) is 2.70. The van der Waals surface area contributed by atoms with Gasteiger partial charge in [-0.3, -0.25) is 4.79 Å².